The number of piperidine rings is 1. The van der Waals surface area contributed by atoms with Gasteiger partial charge >= 0.3 is 0 Å². The molecule has 1 heterocycles. The summed E-state index contributed by atoms with van der Waals surface area (Å²) >= 11 is 0. The second kappa shape index (κ2) is 9.54. The normalized spacial score (nSPS) is 15.7. The summed E-state index contributed by atoms with van der Waals surface area (Å²) in [6.45, 7) is 4.38. The van der Waals surface area contributed by atoms with E-state index in [-0.39, 0.29) is 5.91 Å². The summed E-state index contributed by atoms with van der Waals surface area (Å²) < 4.78 is 0. The van der Waals surface area contributed by atoms with Gasteiger partial charge in [0, 0.05) is 25.7 Å². The zero-order valence-electron chi connectivity index (χ0n) is 15.8. The van der Waals surface area contributed by atoms with Crippen LogP contribution in [-0.2, 0) is 6.42 Å². The van der Waals surface area contributed by atoms with Crippen molar-refractivity contribution in [3.05, 3.63) is 71.8 Å². The molecule has 0 N–H and O–H groups in total. The van der Waals surface area contributed by atoms with Crippen molar-refractivity contribution in [3.8, 4) is 0 Å². The summed E-state index contributed by atoms with van der Waals surface area (Å²) in [5, 5.41) is 0. The monoisotopic (exact) mass is 350 g/mol. The summed E-state index contributed by atoms with van der Waals surface area (Å²) in [5.41, 5.74) is 2.21. The van der Waals surface area contributed by atoms with Crippen LogP contribution in [0.2, 0.25) is 0 Å². The third-order valence-corrected chi connectivity index (χ3v) is 5.51. The molecule has 0 unspecified atom stereocenters. The van der Waals surface area contributed by atoms with Crippen LogP contribution in [0, 0.1) is 5.92 Å². The van der Waals surface area contributed by atoms with Crippen molar-refractivity contribution in [2.24, 2.45) is 5.92 Å². The molecule has 0 spiro atoms. The molecule has 0 radical (unpaired) electrons. The fourth-order valence-corrected chi connectivity index (χ4v) is 3.71. The van der Waals surface area contributed by atoms with Crippen molar-refractivity contribution in [1.29, 1.82) is 0 Å². The van der Waals surface area contributed by atoms with E-state index in [9.17, 15) is 4.79 Å². The Kier molecular flexibility index (Phi) is 6.84. The van der Waals surface area contributed by atoms with E-state index in [2.05, 4.69) is 35.2 Å². The molecule has 3 rings (SSSR count). The zero-order chi connectivity index (χ0) is 18.2. The molecular weight excluding hydrogens is 320 g/mol. The van der Waals surface area contributed by atoms with Gasteiger partial charge in [0.25, 0.3) is 5.91 Å². The summed E-state index contributed by atoms with van der Waals surface area (Å²) in [5.74, 6) is 0.875. The molecule has 0 aromatic heterocycles. The third kappa shape index (κ3) is 5.43. The van der Waals surface area contributed by atoms with Gasteiger partial charge < -0.3 is 9.80 Å². The van der Waals surface area contributed by atoms with Gasteiger partial charge in [-0.15, -0.1) is 0 Å². The molecule has 2 aromatic rings. The molecule has 0 saturated carbocycles. The quantitative estimate of drug-likeness (QED) is 0.750. The SMILES string of the molecule is CN(CCC1CCN(CCc2ccccc2)CC1)C(=O)c1ccccc1. The Morgan fingerprint density at radius 2 is 1.62 bits per heavy atom. The number of likely N-dealkylation sites (tertiary alicyclic amines) is 1. The van der Waals surface area contributed by atoms with Crippen LogP contribution >= 0.6 is 0 Å². The zero-order valence-corrected chi connectivity index (χ0v) is 15.8. The Balaban J connectivity index is 1.35. The number of carbonyl (C=O) groups is 1. The van der Waals surface area contributed by atoms with Gasteiger partial charge in [0.2, 0.25) is 0 Å². The second-order valence-electron chi connectivity index (χ2n) is 7.40. The minimum atomic E-state index is 0.130. The lowest BCUT2D eigenvalue weighted by molar-refractivity contribution is 0.0778. The van der Waals surface area contributed by atoms with Gasteiger partial charge in [-0.2, -0.15) is 0 Å². The first-order valence-electron chi connectivity index (χ1n) is 9.79. The molecule has 0 atom stereocenters. The van der Waals surface area contributed by atoms with Crippen molar-refractivity contribution < 1.29 is 4.79 Å². The summed E-state index contributed by atoms with van der Waals surface area (Å²) in [6.07, 6.45) is 4.76. The lowest BCUT2D eigenvalue weighted by atomic mass is 9.93. The third-order valence-electron chi connectivity index (χ3n) is 5.51. The van der Waals surface area contributed by atoms with Gasteiger partial charge in [-0.1, -0.05) is 48.5 Å². The van der Waals surface area contributed by atoms with Crippen molar-refractivity contribution >= 4 is 5.91 Å². The first-order valence-corrected chi connectivity index (χ1v) is 9.79. The minimum Gasteiger partial charge on any atom is -0.342 e. The molecule has 1 fully saturated rings. The molecule has 1 amide bonds. The van der Waals surface area contributed by atoms with E-state index in [4.69, 9.17) is 0 Å². The van der Waals surface area contributed by atoms with E-state index in [1.54, 1.807) is 0 Å². The lowest BCUT2D eigenvalue weighted by Crippen LogP contribution is -2.36. The predicted molar refractivity (Wildman–Crippen MR) is 107 cm³/mol. The molecule has 3 heteroatoms. The second-order valence-corrected chi connectivity index (χ2v) is 7.40. The predicted octanol–water partition coefficient (Wildman–Crippen LogP) is 4.10. The van der Waals surface area contributed by atoms with E-state index in [1.165, 1.54) is 31.5 Å². The number of nitrogens with zero attached hydrogens (tertiary/aromatic N) is 2. The van der Waals surface area contributed by atoms with E-state index in [0.717, 1.165) is 37.4 Å². The Labute approximate surface area is 157 Å². The van der Waals surface area contributed by atoms with Crippen LogP contribution in [0.15, 0.2) is 60.7 Å². The molecule has 3 nitrogen and oxygen atoms in total. The van der Waals surface area contributed by atoms with Gasteiger partial charge in [-0.05, 0) is 62.4 Å². The number of carbonyl (C=O) groups excluding carboxylic acids is 1. The van der Waals surface area contributed by atoms with Gasteiger partial charge in [-0.3, -0.25) is 4.79 Å². The van der Waals surface area contributed by atoms with E-state index in [1.807, 2.05) is 42.3 Å². The fourth-order valence-electron chi connectivity index (χ4n) is 3.71. The highest BCUT2D eigenvalue weighted by Gasteiger charge is 2.20. The molecule has 1 aliphatic heterocycles. The summed E-state index contributed by atoms with van der Waals surface area (Å²) in [4.78, 5) is 16.9. The highest BCUT2D eigenvalue weighted by Crippen LogP contribution is 2.21. The van der Waals surface area contributed by atoms with Crippen LogP contribution < -0.4 is 0 Å². The Morgan fingerprint density at radius 1 is 1.00 bits per heavy atom. The number of amides is 1. The maximum absolute atomic E-state index is 12.4. The van der Waals surface area contributed by atoms with Gasteiger partial charge in [0.05, 0.1) is 0 Å². The average Bonchev–Trinajstić information content (AvgIpc) is 2.72. The highest BCUT2D eigenvalue weighted by atomic mass is 16.2. The van der Waals surface area contributed by atoms with E-state index >= 15 is 0 Å². The molecule has 26 heavy (non-hydrogen) atoms. The minimum absolute atomic E-state index is 0.130. The van der Waals surface area contributed by atoms with Crippen molar-refractivity contribution in [3.63, 3.8) is 0 Å². The van der Waals surface area contributed by atoms with Crippen LogP contribution in [0.3, 0.4) is 0 Å². The largest absolute Gasteiger partial charge is 0.342 e. The maximum atomic E-state index is 12.4. The van der Waals surface area contributed by atoms with Crippen LogP contribution in [0.4, 0.5) is 0 Å². The van der Waals surface area contributed by atoms with Gasteiger partial charge in [-0.25, -0.2) is 0 Å². The van der Waals surface area contributed by atoms with Crippen molar-refractivity contribution in [2.75, 3.05) is 33.2 Å². The molecule has 1 aliphatic rings. The summed E-state index contributed by atoms with van der Waals surface area (Å²) in [7, 11) is 1.92. The fraction of sp³-hybridized carbons (Fsp3) is 0.435. The molecule has 0 bridgehead atoms. The highest BCUT2D eigenvalue weighted by molar-refractivity contribution is 5.93. The lowest BCUT2D eigenvalue weighted by Gasteiger charge is -2.32. The van der Waals surface area contributed by atoms with Gasteiger partial charge in [0.15, 0.2) is 0 Å². The number of hydrogen-bond donors (Lipinski definition) is 0. The van der Waals surface area contributed by atoms with E-state index < -0.39 is 0 Å². The Morgan fingerprint density at radius 3 is 2.27 bits per heavy atom. The standard InChI is InChI=1S/C23H30N2O/c1-24(23(26)22-10-6-3-7-11-22)16-12-21-14-18-25(19-15-21)17-13-20-8-4-2-5-9-20/h2-11,21H,12-19H2,1H3. The van der Waals surface area contributed by atoms with Crippen molar-refractivity contribution in [1.82, 2.24) is 9.80 Å². The van der Waals surface area contributed by atoms with Gasteiger partial charge in [0.1, 0.15) is 0 Å². The van der Waals surface area contributed by atoms with Crippen LogP contribution in [0.5, 0.6) is 0 Å². The first-order chi connectivity index (χ1) is 12.7. The number of benzene rings is 2. The smallest absolute Gasteiger partial charge is 0.253 e. The molecule has 138 valence electrons. The topological polar surface area (TPSA) is 23.6 Å². The van der Waals surface area contributed by atoms with Crippen molar-refractivity contribution in [2.45, 2.75) is 25.7 Å². The first kappa shape index (κ1) is 18.7. The Bertz CT molecular complexity index is 663. The molecule has 0 aliphatic carbocycles. The van der Waals surface area contributed by atoms with E-state index in [0.29, 0.717) is 0 Å². The van der Waals surface area contributed by atoms with Crippen LogP contribution in [-0.4, -0.2) is 48.9 Å². The van der Waals surface area contributed by atoms with Crippen LogP contribution in [0.1, 0.15) is 35.2 Å². The summed E-state index contributed by atoms with van der Waals surface area (Å²) in [6, 6.07) is 20.3. The molecular formula is C23H30N2O. The molecule has 1 saturated heterocycles. The molecule has 2 aromatic carbocycles. The Hall–Kier alpha value is -2.13. The average molecular weight is 351 g/mol. The number of rotatable bonds is 7. The maximum Gasteiger partial charge on any atom is 0.253 e. The van der Waals surface area contributed by atoms with Crippen LogP contribution in [0.25, 0.3) is 0 Å². The number of hydrogen-bond acceptors (Lipinski definition) is 2.